The molecule has 0 aliphatic carbocycles. The molecule has 0 atom stereocenters. The van der Waals surface area contributed by atoms with Crippen LogP contribution in [0.15, 0.2) is 39.3 Å². The molecule has 0 aliphatic heterocycles. The second-order valence-corrected chi connectivity index (χ2v) is 6.30. The van der Waals surface area contributed by atoms with Crippen molar-refractivity contribution in [3.63, 3.8) is 0 Å². The Balaban J connectivity index is 2.35. The number of nitrogens with two attached hydrogens (primary N) is 1. The third-order valence-electron chi connectivity index (χ3n) is 2.87. The molecule has 0 spiro atoms. The Kier molecular flexibility index (Phi) is 3.48. The molecule has 0 saturated heterocycles. The van der Waals surface area contributed by atoms with Crippen molar-refractivity contribution in [2.75, 3.05) is 5.73 Å². The first kappa shape index (κ1) is 13.9. The molecule has 0 fully saturated rings. The molecule has 1 heterocycles. The molecule has 2 N–H and O–H groups in total. The number of hydrogen-bond donors (Lipinski definition) is 1. The molecule has 3 nitrogen and oxygen atoms in total. The lowest BCUT2D eigenvalue weighted by molar-refractivity contribution is 0.622. The highest BCUT2D eigenvalue weighted by atomic mass is 79.9. The molecule has 0 unspecified atom stereocenters. The number of hydrogen-bond acceptors (Lipinski definition) is 2. The Labute approximate surface area is 135 Å². The summed E-state index contributed by atoms with van der Waals surface area (Å²) >= 11 is 12.5. The van der Waals surface area contributed by atoms with Crippen LogP contribution in [-0.2, 0) is 0 Å². The lowest BCUT2D eigenvalue weighted by Gasteiger charge is -2.09. The summed E-state index contributed by atoms with van der Waals surface area (Å²) in [4.78, 5) is 4.25. The van der Waals surface area contributed by atoms with Crippen molar-refractivity contribution in [1.82, 2.24) is 9.55 Å². The Bertz CT molecular complexity index is 832. The summed E-state index contributed by atoms with van der Waals surface area (Å²) in [5, 5.41) is 0.595. The van der Waals surface area contributed by atoms with Crippen molar-refractivity contribution in [3.05, 3.63) is 50.1 Å². The van der Waals surface area contributed by atoms with Crippen LogP contribution in [0.5, 0.6) is 0 Å². The van der Waals surface area contributed by atoms with Crippen molar-refractivity contribution in [1.29, 1.82) is 0 Å². The SMILES string of the molecule is Nc1nc2cc(Br)c(F)cc2n1-c1ccc(Cl)cc1Br. The lowest BCUT2D eigenvalue weighted by Crippen LogP contribution is -2.01. The van der Waals surface area contributed by atoms with Gasteiger partial charge in [0.05, 0.1) is 21.2 Å². The van der Waals surface area contributed by atoms with Gasteiger partial charge in [0.25, 0.3) is 0 Å². The normalized spacial score (nSPS) is 11.2. The van der Waals surface area contributed by atoms with Gasteiger partial charge < -0.3 is 5.73 Å². The fourth-order valence-corrected chi connectivity index (χ4v) is 3.20. The fraction of sp³-hybridized carbons (Fsp3) is 0. The second kappa shape index (κ2) is 5.02. The molecule has 3 aromatic rings. The molecule has 0 aliphatic rings. The molecular weight excluding hydrogens is 412 g/mol. The van der Waals surface area contributed by atoms with Gasteiger partial charge in [0.1, 0.15) is 5.82 Å². The van der Waals surface area contributed by atoms with Crippen LogP contribution in [0.1, 0.15) is 0 Å². The van der Waals surface area contributed by atoms with Crippen LogP contribution in [0.25, 0.3) is 16.7 Å². The summed E-state index contributed by atoms with van der Waals surface area (Å²) in [6.45, 7) is 0. The molecule has 0 radical (unpaired) electrons. The van der Waals surface area contributed by atoms with E-state index in [1.165, 1.54) is 6.07 Å². The third kappa shape index (κ3) is 2.21. The van der Waals surface area contributed by atoms with Crippen molar-refractivity contribution in [2.24, 2.45) is 0 Å². The summed E-state index contributed by atoms with van der Waals surface area (Å²) < 4.78 is 16.5. The molecule has 0 saturated carbocycles. The predicted molar refractivity (Wildman–Crippen MR) is 85.9 cm³/mol. The number of anilines is 1. The van der Waals surface area contributed by atoms with Crippen molar-refractivity contribution < 1.29 is 4.39 Å². The summed E-state index contributed by atoms with van der Waals surface area (Å²) in [5.74, 6) is -0.0933. The van der Waals surface area contributed by atoms with Crippen LogP contribution >= 0.6 is 43.5 Å². The van der Waals surface area contributed by atoms with Crippen molar-refractivity contribution in [3.8, 4) is 5.69 Å². The largest absolute Gasteiger partial charge is 0.369 e. The number of rotatable bonds is 1. The highest BCUT2D eigenvalue weighted by molar-refractivity contribution is 9.10. The van der Waals surface area contributed by atoms with Gasteiger partial charge in [-0.15, -0.1) is 0 Å². The monoisotopic (exact) mass is 417 g/mol. The van der Waals surface area contributed by atoms with Gasteiger partial charge in [-0.25, -0.2) is 9.37 Å². The van der Waals surface area contributed by atoms with Crippen LogP contribution in [0.2, 0.25) is 5.02 Å². The van der Waals surface area contributed by atoms with Crippen LogP contribution in [-0.4, -0.2) is 9.55 Å². The summed E-state index contributed by atoms with van der Waals surface area (Å²) in [6.07, 6.45) is 0. The van der Waals surface area contributed by atoms with E-state index in [9.17, 15) is 4.39 Å². The van der Waals surface area contributed by atoms with Gasteiger partial charge in [-0.3, -0.25) is 4.57 Å². The Hall–Kier alpha value is -1.11. The zero-order valence-corrected chi connectivity index (χ0v) is 13.8. The number of fused-ring (bicyclic) bond motifs is 1. The maximum absolute atomic E-state index is 13.8. The highest BCUT2D eigenvalue weighted by Gasteiger charge is 2.15. The highest BCUT2D eigenvalue weighted by Crippen LogP contribution is 2.32. The second-order valence-electron chi connectivity index (χ2n) is 4.16. The van der Waals surface area contributed by atoms with E-state index in [1.807, 2.05) is 0 Å². The van der Waals surface area contributed by atoms with Crippen LogP contribution in [0.3, 0.4) is 0 Å². The number of imidazole rings is 1. The summed E-state index contributed by atoms with van der Waals surface area (Å²) in [5.41, 5.74) is 7.90. The van der Waals surface area contributed by atoms with Gasteiger partial charge >= 0.3 is 0 Å². The minimum absolute atomic E-state index is 0.278. The van der Waals surface area contributed by atoms with E-state index in [1.54, 1.807) is 28.8 Å². The standard InChI is InChI=1S/C13H7Br2ClFN3/c14-7-4-10-12(5-9(7)17)20(13(18)19-10)11-2-1-6(16)3-8(11)15/h1-5H,(H2,18,19). The Morgan fingerprint density at radius 1 is 1.15 bits per heavy atom. The minimum Gasteiger partial charge on any atom is -0.369 e. The quantitative estimate of drug-likeness (QED) is 0.608. The first-order valence-electron chi connectivity index (χ1n) is 5.56. The van der Waals surface area contributed by atoms with Crippen LogP contribution in [0, 0.1) is 5.82 Å². The minimum atomic E-state index is -0.372. The number of nitrogen functional groups attached to an aromatic ring is 1. The first-order chi connectivity index (χ1) is 9.47. The van der Waals surface area contributed by atoms with Gasteiger partial charge in [0, 0.05) is 15.6 Å². The van der Waals surface area contributed by atoms with Crippen LogP contribution in [0.4, 0.5) is 10.3 Å². The van der Waals surface area contributed by atoms with E-state index in [4.69, 9.17) is 17.3 Å². The zero-order chi connectivity index (χ0) is 14.4. The van der Waals surface area contributed by atoms with Crippen molar-refractivity contribution in [2.45, 2.75) is 0 Å². The smallest absolute Gasteiger partial charge is 0.205 e. The Morgan fingerprint density at radius 3 is 2.60 bits per heavy atom. The number of halogens is 4. The molecule has 7 heteroatoms. The molecule has 3 rings (SSSR count). The maximum Gasteiger partial charge on any atom is 0.205 e. The lowest BCUT2D eigenvalue weighted by atomic mass is 10.2. The fourth-order valence-electron chi connectivity index (χ4n) is 2.01. The molecule has 2 aromatic carbocycles. The number of nitrogens with zero attached hydrogens (tertiary/aromatic N) is 2. The van der Waals surface area contributed by atoms with E-state index in [-0.39, 0.29) is 11.8 Å². The third-order valence-corrected chi connectivity index (χ3v) is 4.35. The van der Waals surface area contributed by atoms with E-state index in [2.05, 4.69) is 36.8 Å². The molecule has 1 aromatic heterocycles. The topological polar surface area (TPSA) is 43.8 Å². The van der Waals surface area contributed by atoms with E-state index < -0.39 is 0 Å². The van der Waals surface area contributed by atoms with Gasteiger partial charge in [-0.2, -0.15) is 0 Å². The molecule has 0 amide bonds. The molecular formula is C13H7Br2ClFN3. The van der Waals surface area contributed by atoms with E-state index in [0.29, 0.717) is 20.5 Å². The van der Waals surface area contributed by atoms with Gasteiger partial charge in [0.2, 0.25) is 5.95 Å². The maximum atomic E-state index is 13.8. The number of benzene rings is 2. The van der Waals surface area contributed by atoms with Gasteiger partial charge in [-0.1, -0.05) is 11.6 Å². The average molecular weight is 419 g/mol. The Morgan fingerprint density at radius 2 is 1.90 bits per heavy atom. The molecule has 0 bridgehead atoms. The predicted octanol–water partition coefficient (Wildman–Crippen LogP) is 4.93. The van der Waals surface area contributed by atoms with Gasteiger partial charge in [-0.05, 0) is 56.1 Å². The van der Waals surface area contributed by atoms with Gasteiger partial charge in [0.15, 0.2) is 0 Å². The van der Waals surface area contributed by atoms with E-state index >= 15 is 0 Å². The number of aromatic nitrogens is 2. The molecule has 20 heavy (non-hydrogen) atoms. The first-order valence-corrected chi connectivity index (χ1v) is 7.52. The van der Waals surface area contributed by atoms with Crippen molar-refractivity contribution >= 4 is 60.4 Å². The summed E-state index contributed by atoms with van der Waals surface area (Å²) in [7, 11) is 0. The zero-order valence-electron chi connectivity index (χ0n) is 9.87. The average Bonchev–Trinajstić information content (AvgIpc) is 2.66. The molecule has 102 valence electrons. The van der Waals surface area contributed by atoms with E-state index in [0.717, 1.165) is 10.2 Å². The summed E-state index contributed by atoms with van der Waals surface area (Å²) in [6, 6.07) is 8.27. The van der Waals surface area contributed by atoms with Crippen LogP contribution < -0.4 is 5.73 Å².